The molecule has 4 nitrogen and oxygen atoms in total. The zero-order chi connectivity index (χ0) is 20.5. The lowest BCUT2D eigenvalue weighted by atomic mass is 10.1. The van der Waals surface area contributed by atoms with Crippen LogP contribution in [0.25, 0.3) is 0 Å². The first kappa shape index (κ1) is 22.0. The average molecular weight is 401 g/mol. The molecule has 2 atom stereocenters. The molecule has 0 aliphatic heterocycles. The first-order valence-electron chi connectivity index (χ1n) is 9.79. The van der Waals surface area contributed by atoms with Crippen molar-refractivity contribution in [2.45, 2.75) is 58.7 Å². The van der Waals surface area contributed by atoms with Gasteiger partial charge in [-0.25, -0.2) is 0 Å². The molecule has 5 heteroatoms. The average Bonchev–Trinajstić information content (AvgIpc) is 2.71. The van der Waals surface area contributed by atoms with E-state index in [9.17, 15) is 9.59 Å². The molecule has 28 heavy (non-hydrogen) atoms. The van der Waals surface area contributed by atoms with Crippen molar-refractivity contribution in [1.82, 2.24) is 10.2 Å². The summed E-state index contributed by atoms with van der Waals surface area (Å²) in [5, 5.41) is 3.57. The number of hydrogen-bond donors (Lipinski definition) is 1. The van der Waals surface area contributed by atoms with Gasteiger partial charge in [0.1, 0.15) is 6.04 Å². The maximum absolute atomic E-state index is 13.0. The summed E-state index contributed by atoms with van der Waals surface area (Å²) in [5.74, 6) is -0.204. The molecule has 2 rings (SSSR count). The molecule has 0 radical (unpaired) electrons. The van der Waals surface area contributed by atoms with Gasteiger partial charge in [-0.1, -0.05) is 67.1 Å². The van der Waals surface area contributed by atoms with E-state index in [-0.39, 0.29) is 17.9 Å². The highest BCUT2D eigenvalue weighted by Gasteiger charge is 2.27. The van der Waals surface area contributed by atoms with Gasteiger partial charge in [0.2, 0.25) is 11.8 Å². The van der Waals surface area contributed by atoms with Crippen molar-refractivity contribution in [3.8, 4) is 0 Å². The predicted octanol–water partition coefficient (Wildman–Crippen LogP) is 4.60. The van der Waals surface area contributed by atoms with Gasteiger partial charge in [0, 0.05) is 24.0 Å². The molecule has 0 spiro atoms. The van der Waals surface area contributed by atoms with Gasteiger partial charge in [0.15, 0.2) is 0 Å². The smallest absolute Gasteiger partial charge is 0.242 e. The van der Waals surface area contributed by atoms with Crippen LogP contribution >= 0.6 is 11.6 Å². The maximum Gasteiger partial charge on any atom is 0.242 e. The number of carbonyl (C=O) groups is 2. The fourth-order valence-electron chi connectivity index (χ4n) is 2.90. The lowest BCUT2D eigenvalue weighted by molar-refractivity contribution is -0.140. The van der Waals surface area contributed by atoms with Gasteiger partial charge < -0.3 is 10.2 Å². The summed E-state index contributed by atoms with van der Waals surface area (Å²) in [6, 6.07) is 16.8. The standard InChI is InChI=1S/C23H29ClN2O2/c1-4-17(2)25-23(28)18(3)26(16-20-12-8-9-13-21(20)24)22(27)15-14-19-10-6-5-7-11-19/h5-13,17-18H,4,14-16H2,1-3H3,(H,25,28)/t17-,18+/m1/s1. The van der Waals surface area contributed by atoms with E-state index in [2.05, 4.69) is 5.32 Å². The minimum absolute atomic E-state index is 0.0597. The molecule has 0 saturated carbocycles. The van der Waals surface area contributed by atoms with Crippen molar-refractivity contribution >= 4 is 23.4 Å². The van der Waals surface area contributed by atoms with Crippen LogP contribution in [-0.2, 0) is 22.6 Å². The van der Waals surface area contributed by atoms with Crippen molar-refractivity contribution in [3.63, 3.8) is 0 Å². The fourth-order valence-corrected chi connectivity index (χ4v) is 3.09. The largest absolute Gasteiger partial charge is 0.352 e. The molecular weight excluding hydrogens is 372 g/mol. The fraction of sp³-hybridized carbons (Fsp3) is 0.391. The highest BCUT2D eigenvalue weighted by Crippen LogP contribution is 2.19. The van der Waals surface area contributed by atoms with Gasteiger partial charge >= 0.3 is 0 Å². The molecule has 0 unspecified atom stereocenters. The molecule has 1 N–H and O–H groups in total. The Labute approximate surface area is 172 Å². The Morgan fingerprint density at radius 3 is 2.32 bits per heavy atom. The van der Waals surface area contributed by atoms with Crippen molar-refractivity contribution < 1.29 is 9.59 Å². The second-order valence-electron chi connectivity index (χ2n) is 7.09. The summed E-state index contributed by atoms with van der Waals surface area (Å²) in [5.41, 5.74) is 1.94. The monoisotopic (exact) mass is 400 g/mol. The number of halogens is 1. The van der Waals surface area contributed by atoms with E-state index >= 15 is 0 Å². The van der Waals surface area contributed by atoms with Gasteiger partial charge in [-0.2, -0.15) is 0 Å². The van der Waals surface area contributed by atoms with Gasteiger partial charge in [0.05, 0.1) is 0 Å². The van der Waals surface area contributed by atoms with Gasteiger partial charge in [-0.15, -0.1) is 0 Å². The molecule has 0 aromatic heterocycles. The molecule has 2 aromatic rings. The van der Waals surface area contributed by atoms with E-state index in [1.165, 1.54) is 0 Å². The quantitative estimate of drug-likeness (QED) is 0.668. The van der Waals surface area contributed by atoms with E-state index in [0.29, 0.717) is 24.4 Å². The van der Waals surface area contributed by atoms with Crippen LogP contribution in [0.4, 0.5) is 0 Å². The van der Waals surface area contributed by atoms with Crippen LogP contribution in [0.15, 0.2) is 54.6 Å². The van der Waals surface area contributed by atoms with Crippen LogP contribution < -0.4 is 5.32 Å². The Kier molecular flexibility index (Phi) is 8.52. The number of nitrogens with zero attached hydrogens (tertiary/aromatic N) is 1. The molecule has 0 bridgehead atoms. The third kappa shape index (κ3) is 6.38. The highest BCUT2D eigenvalue weighted by molar-refractivity contribution is 6.31. The van der Waals surface area contributed by atoms with E-state index in [1.54, 1.807) is 17.9 Å². The first-order chi connectivity index (χ1) is 13.4. The normalized spacial score (nSPS) is 12.9. The Morgan fingerprint density at radius 1 is 1.04 bits per heavy atom. The zero-order valence-electron chi connectivity index (χ0n) is 16.8. The molecule has 2 aromatic carbocycles. The number of amides is 2. The number of hydrogen-bond acceptors (Lipinski definition) is 2. The molecule has 2 amide bonds. The second-order valence-corrected chi connectivity index (χ2v) is 7.50. The molecule has 0 aliphatic rings. The van der Waals surface area contributed by atoms with Crippen molar-refractivity contribution in [2.24, 2.45) is 0 Å². The third-order valence-electron chi connectivity index (χ3n) is 4.94. The topological polar surface area (TPSA) is 49.4 Å². The number of aryl methyl sites for hydroxylation is 1. The van der Waals surface area contributed by atoms with Gasteiger partial charge in [-0.3, -0.25) is 9.59 Å². The zero-order valence-corrected chi connectivity index (χ0v) is 17.6. The van der Waals surface area contributed by atoms with Crippen LogP contribution in [-0.4, -0.2) is 28.8 Å². The summed E-state index contributed by atoms with van der Waals surface area (Å²) in [6.45, 7) is 6.06. The number of benzene rings is 2. The van der Waals surface area contributed by atoms with Crippen molar-refractivity contribution in [1.29, 1.82) is 0 Å². The Balaban J connectivity index is 2.15. The second kappa shape index (κ2) is 10.9. The molecule has 0 fully saturated rings. The molecule has 0 aliphatic carbocycles. The maximum atomic E-state index is 13.0. The molecule has 150 valence electrons. The minimum atomic E-state index is -0.575. The van der Waals surface area contributed by atoms with Crippen LogP contribution in [0.3, 0.4) is 0 Å². The first-order valence-corrected chi connectivity index (χ1v) is 10.2. The SMILES string of the molecule is CC[C@@H](C)NC(=O)[C@H](C)N(Cc1ccccc1Cl)C(=O)CCc1ccccc1. The van der Waals surface area contributed by atoms with Crippen LogP contribution in [0.5, 0.6) is 0 Å². The van der Waals surface area contributed by atoms with E-state index < -0.39 is 6.04 Å². The highest BCUT2D eigenvalue weighted by atomic mass is 35.5. The van der Waals surface area contributed by atoms with Crippen LogP contribution in [0, 0.1) is 0 Å². The van der Waals surface area contributed by atoms with E-state index in [0.717, 1.165) is 17.5 Å². The lowest BCUT2D eigenvalue weighted by Crippen LogP contribution is -2.49. The molecule has 0 saturated heterocycles. The number of nitrogens with one attached hydrogen (secondary N) is 1. The van der Waals surface area contributed by atoms with Crippen LogP contribution in [0.1, 0.15) is 44.7 Å². The van der Waals surface area contributed by atoms with E-state index in [1.807, 2.05) is 62.4 Å². The minimum Gasteiger partial charge on any atom is -0.352 e. The summed E-state index contributed by atoms with van der Waals surface area (Å²) < 4.78 is 0. The third-order valence-corrected chi connectivity index (χ3v) is 5.31. The van der Waals surface area contributed by atoms with Crippen molar-refractivity contribution in [2.75, 3.05) is 0 Å². The summed E-state index contributed by atoms with van der Waals surface area (Å²) in [4.78, 5) is 27.3. The molecular formula is C23H29ClN2O2. The van der Waals surface area contributed by atoms with Crippen molar-refractivity contribution in [3.05, 3.63) is 70.7 Å². The predicted molar refractivity (Wildman–Crippen MR) is 114 cm³/mol. The number of rotatable bonds is 9. The lowest BCUT2D eigenvalue weighted by Gasteiger charge is -2.30. The Morgan fingerprint density at radius 2 is 1.68 bits per heavy atom. The van der Waals surface area contributed by atoms with Gasteiger partial charge in [0.25, 0.3) is 0 Å². The Bertz CT molecular complexity index is 779. The Hall–Kier alpha value is -2.33. The van der Waals surface area contributed by atoms with Gasteiger partial charge in [-0.05, 0) is 43.9 Å². The van der Waals surface area contributed by atoms with E-state index in [4.69, 9.17) is 11.6 Å². The summed E-state index contributed by atoms with van der Waals surface area (Å²) in [6.07, 6.45) is 1.82. The number of carbonyl (C=O) groups excluding carboxylic acids is 2. The molecule has 0 heterocycles. The van der Waals surface area contributed by atoms with Crippen LogP contribution in [0.2, 0.25) is 5.02 Å². The summed E-state index contributed by atoms with van der Waals surface area (Å²) in [7, 11) is 0. The summed E-state index contributed by atoms with van der Waals surface area (Å²) >= 11 is 6.30.